The maximum atomic E-state index is 12.3. The lowest BCUT2D eigenvalue weighted by molar-refractivity contribution is -0.112. The van der Waals surface area contributed by atoms with Gasteiger partial charge in [-0.3, -0.25) is 4.79 Å². The number of amides is 1. The number of fused-ring (bicyclic) bond motifs is 1. The summed E-state index contributed by atoms with van der Waals surface area (Å²) < 4.78 is 0. The summed E-state index contributed by atoms with van der Waals surface area (Å²) in [5.74, 6) is -1.56. The monoisotopic (exact) mass is 347 g/mol. The summed E-state index contributed by atoms with van der Waals surface area (Å²) in [5, 5.41) is 20.8. The Labute approximate surface area is 151 Å². The number of carboxylic acids is 1. The quantitative estimate of drug-likeness (QED) is 0.655. The summed E-state index contributed by atoms with van der Waals surface area (Å²) in [7, 11) is 0. The topological polar surface area (TPSA) is 93.4 Å². The number of aromatic carboxylic acids is 1. The molecule has 0 unspecified atom stereocenters. The zero-order chi connectivity index (χ0) is 18.5. The second-order valence-corrected chi connectivity index (χ2v) is 5.98. The van der Waals surface area contributed by atoms with Crippen LogP contribution in [0.1, 0.15) is 21.5 Å². The van der Waals surface area contributed by atoms with Crippen molar-refractivity contribution in [1.82, 2.24) is 4.90 Å². The van der Waals surface area contributed by atoms with E-state index in [4.69, 9.17) is 5.11 Å². The fraction of sp³-hybridized carbons (Fsp3) is 0.150. The third-order valence-electron chi connectivity index (χ3n) is 4.23. The van der Waals surface area contributed by atoms with Crippen molar-refractivity contribution in [2.75, 3.05) is 11.9 Å². The molecule has 6 heteroatoms. The molecular formula is C20H17N3O3. The first-order valence-electron chi connectivity index (χ1n) is 8.14. The van der Waals surface area contributed by atoms with Crippen molar-refractivity contribution in [3.05, 3.63) is 77.0 Å². The van der Waals surface area contributed by atoms with E-state index in [1.54, 1.807) is 6.20 Å². The lowest BCUT2D eigenvalue weighted by atomic mass is 10.0. The van der Waals surface area contributed by atoms with Gasteiger partial charge in [-0.05, 0) is 41.8 Å². The van der Waals surface area contributed by atoms with Crippen LogP contribution in [0.5, 0.6) is 0 Å². The van der Waals surface area contributed by atoms with Crippen LogP contribution in [0.2, 0.25) is 0 Å². The summed E-state index contributed by atoms with van der Waals surface area (Å²) in [6.45, 7) is 1.39. The summed E-state index contributed by atoms with van der Waals surface area (Å²) in [5.41, 5.74) is 3.05. The molecule has 1 heterocycles. The highest BCUT2D eigenvalue weighted by atomic mass is 16.4. The van der Waals surface area contributed by atoms with Crippen molar-refractivity contribution in [1.29, 1.82) is 5.26 Å². The molecule has 0 saturated heterocycles. The molecule has 6 nitrogen and oxygen atoms in total. The Kier molecular flexibility index (Phi) is 4.99. The standard InChI is InChI=1S/C20H17N3O3/c21-11-17(13-23-10-9-14-3-1-2-4-16(14)12-23)19(24)22-18-7-5-15(6-8-18)20(25)26/h1-8,13H,9-10,12H2,(H,22,24)(H,25,26)/b17-13-. The van der Waals surface area contributed by atoms with Gasteiger partial charge in [0.2, 0.25) is 0 Å². The van der Waals surface area contributed by atoms with Gasteiger partial charge >= 0.3 is 5.97 Å². The SMILES string of the molecule is N#C/C(=C/N1CCc2ccccc2C1)C(=O)Nc1ccc(C(=O)O)cc1. The molecule has 0 saturated carbocycles. The van der Waals surface area contributed by atoms with Gasteiger partial charge in [-0.2, -0.15) is 5.26 Å². The minimum Gasteiger partial charge on any atom is -0.478 e. The van der Waals surface area contributed by atoms with Crippen molar-refractivity contribution in [3.63, 3.8) is 0 Å². The van der Waals surface area contributed by atoms with E-state index in [1.807, 2.05) is 29.2 Å². The maximum absolute atomic E-state index is 12.3. The summed E-state index contributed by atoms with van der Waals surface area (Å²) in [6.07, 6.45) is 2.44. The molecule has 1 aliphatic heterocycles. The largest absolute Gasteiger partial charge is 0.478 e. The number of hydrogen-bond acceptors (Lipinski definition) is 4. The molecule has 0 bridgehead atoms. The second kappa shape index (κ2) is 7.53. The highest BCUT2D eigenvalue weighted by molar-refractivity contribution is 6.06. The third kappa shape index (κ3) is 3.90. The van der Waals surface area contributed by atoms with Gasteiger partial charge in [0.1, 0.15) is 11.6 Å². The first kappa shape index (κ1) is 17.2. The van der Waals surface area contributed by atoms with E-state index in [-0.39, 0.29) is 11.1 Å². The summed E-state index contributed by atoms with van der Waals surface area (Å²) in [4.78, 5) is 25.1. The Morgan fingerprint density at radius 3 is 2.46 bits per heavy atom. The fourth-order valence-electron chi connectivity index (χ4n) is 2.84. The Morgan fingerprint density at radius 2 is 1.81 bits per heavy atom. The highest BCUT2D eigenvalue weighted by Gasteiger charge is 2.16. The maximum Gasteiger partial charge on any atom is 0.335 e. The van der Waals surface area contributed by atoms with E-state index in [9.17, 15) is 14.9 Å². The van der Waals surface area contributed by atoms with Crippen LogP contribution >= 0.6 is 0 Å². The number of carboxylic acid groups (broad SMARTS) is 1. The van der Waals surface area contributed by atoms with Crippen LogP contribution in [0.3, 0.4) is 0 Å². The van der Waals surface area contributed by atoms with Crippen LogP contribution in [-0.4, -0.2) is 28.4 Å². The molecule has 3 rings (SSSR count). The average Bonchev–Trinajstić information content (AvgIpc) is 2.66. The number of carbonyl (C=O) groups is 2. The molecule has 0 atom stereocenters. The second-order valence-electron chi connectivity index (χ2n) is 5.98. The van der Waals surface area contributed by atoms with E-state index in [1.165, 1.54) is 35.4 Å². The minimum absolute atomic E-state index is 0.00620. The Hall–Kier alpha value is -3.59. The molecule has 0 spiro atoms. The van der Waals surface area contributed by atoms with Crippen LogP contribution in [-0.2, 0) is 17.8 Å². The number of carbonyl (C=O) groups excluding carboxylic acids is 1. The lowest BCUT2D eigenvalue weighted by Crippen LogP contribution is -2.27. The Balaban J connectivity index is 1.70. The zero-order valence-electron chi connectivity index (χ0n) is 14.0. The van der Waals surface area contributed by atoms with Gasteiger partial charge in [-0.25, -0.2) is 4.79 Å². The number of benzene rings is 2. The summed E-state index contributed by atoms with van der Waals surface area (Å²) >= 11 is 0. The van der Waals surface area contributed by atoms with Crippen LogP contribution in [0, 0.1) is 11.3 Å². The number of nitriles is 1. The van der Waals surface area contributed by atoms with Gasteiger partial charge in [0.25, 0.3) is 5.91 Å². The Morgan fingerprint density at radius 1 is 1.12 bits per heavy atom. The minimum atomic E-state index is -1.04. The fourth-order valence-corrected chi connectivity index (χ4v) is 2.84. The van der Waals surface area contributed by atoms with E-state index in [0.29, 0.717) is 12.2 Å². The molecule has 0 fully saturated rings. The molecular weight excluding hydrogens is 330 g/mol. The molecule has 130 valence electrons. The average molecular weight is 347 g/mol. The normalized spacial score (nSPS) is 13.5. The molecule has 0 aromatic heterocycles. The molecule has 2 aromatic rings. The predicted octanol–water partition coefficient (Wildman–Crippen LogP) is 2.79. The molecule has 0 radical (unpaired) electrons. The predicted molar refractivity (Wildman–Crippen MR) is 96.3 cm³/mol. The smallest absolute Gasteiger partial charge is 0.335 e. The van der Waals surface area contributed by atoms with Crippen molar-refractivity contribution >= 4 is 17.6 Å². The van der Waals surface area contributed by atoms with Gasteiger partial charge in [0.05, 0.1) is 5.56 Å². The summed E-state index contributed by atoms with van der Waals surface area (Å²) in [6, 6.07) is 15.8. The van der Waals surface area contributed by atoms with Gasteiger partial charge in [-0.1, -0.05) is 24.3 Å². The van der Waals surface area contributed by atoms with Gasteiger partial charge in [0, 0.05) is 25.0 Å². The lowest BCUT2D eigenvalue weighted by Gasteiger charge is -2.27. The molecule has 26 heavy (non-hydrogen) atoms. The third-order valence-corrected chi connectivity index (χ3v) is 4.23. The van der Waals surface area contributed by atoms with Gasteiger partial charge in [0.15, 0.2) is 0 Å². The van der Waals surface area contributed by atoms with Gasteiger partial charge in [-0.15, -0.1) is 0 Å². The highest BCUT2D eigenvalue weighted by Crippen LogP contribution is 2.19. The number of nitrogens with one attached hydrogen (secondary N) is 1. The first-order chi connectivity index (χ1) is 12.6. The van der Waals surface area contributed by atoms with E-state index in [0.717, 1.165) is 13.0 Å². The van der Waals surface area contributed by atoms with Crippen LogP contribution in [0.4, 0.5) is 5.69 Å². The van der Waals surface area contributed by atoms with E-state index >= 15 is 0 Å². The molecule has 0 aliphatic carbocycles. The van der Waals surface area contributed by atoms with E-state index < -0.39 is 11.9 Å². The van der Waals surface area contributed by atoms with Gasteiger partial charge < -0.3 is 15.3 Å². The zero-order valence-corrected chi connectivity index (χ0v) is 14.0. The number of nitrogens with zero attached hydrogens (tertiary/aromatic N) is 2. The number of hydrogen-bond donors (Lipinski definition) is 2. The van der Waals surface area contributed by atoms with Crippen molar-refractivity contribution in [2.24, 2.45) is 0 Å². The van der Waals surface area contributed by atoms with Crippen LogP contribution in [0.15, 0.2) is 60.3 Å². The molecule has 1 aliphatic rings. The molecule has 2 aromatic carbocycles. The first-order valence-corrected chi connectivity index (χ1v) is 8.14. The number of rotatable bonds is 4. The van der Waals surface area contributed by atoms with Crippen molar-refractivity contribution in [2.45, 2.75) is 13.0 Å². The van der Waals surface area contributed by atoms with Crippen LogP contribution in [0.25, 0.3) is 0 Å². The van der Waals surface area contributed by atoms with Crippen molar-refractivity contribution < 1.29 is 14.7 Å². The van der Waals surface area contributed by atoms with E-state index in [2.05, 4.69) is 11.4 Å². The number of anilines is 1. The Bertz CT molecular complexity index is 911. The van der Waals surface area contributed by atoms with Crippen LogP contribution < -0.4 is 5.32 Å². The molecule has 1 amide bonds. The molecule has 2 N–H and O–H groups in total. The van der Waals surface area contributed by atoms with Crippen molar-refractivity contribution in [3.8, 4) is 6.07 Å².